The average Bonchev–Trinajstić information content (AvgIpc) is 2.89. The molecule has 35 heavy (non-hydrogen) atoms. The Morgan fingerprint density at radius 3 is 2.43 bits per heavy atom. The molecule has 1 saturated heterocycles. The van der Waals surface area contributed by atoms with E-state index in [2.05, 4.69) is 51.8 Å². The predicted molar refractivity (Wildman–Crippen MR) is 143 cm³/mol. The van der Waals surface area contributed by atoms with Crippen LogP contribution in [-0.2, 0) is 0 Å². The Hall–Kier alpha value is -3.10. The van der Waals surface area contributed by atoms with Crippen molar-refractivity contribution >= 4 is 28.2 Å². The van der Waals surface area contributed by atoms with Gasteiger partial charge in [0.15, 0.2) is 0 Å². The standard InChI is InChI=1S/C27H38N6O2/c1-19(2)29-11-12-33(22-13-23(34-3)16-24(14-22)35-4)21-5-6-25-26(15-21)32-27(18-30-25)31-17-20-7-9-28-10-8-20/h5-6,13-16,18-20,28-29H,7-12,17H2,1-4H3,(H,31,32). The van der Waals surface area contributed by atoms with Crippen LogP contribution in [0.1, 0.15) is 26.7 Å². The van der Waals surface area contributed by atoms with E-state index >= 15 is 0 Å². The van der Waals surface area contributed by atoms with Crippen LogP contribution in [0.25, 0.3) is 11.0 Å². The zero-order valence-electron chi connectivity index (χ0n) is 21.3. The van der Waals surface area contributed by atoms with Gasteiger partial charge < -0.3 is 30.3 Å². The summed E-state index contributed by atoms with van der Waals surface area (Å²) in [6.45, 7) is 9.04. The van der Waals surface area contributed by atoms with Crippen molar-refractivity contribution in [3.8, 4) is 11.5 Å². The molecule has 8 heteroatoms. The first kappa shape index (κ1) is 25.0. The van der Waals surface area contributed by atoms with Gasteiger partial charge in [-0.15, -0.1) is 0 Å². The minimum Gasteiger partial charge on any atom is -0.497 e. The van der Waals surface area contributed by atoms with Crippen LogP contribution >= 0.6 is 0 Å². The van der Waals surface area contributed by atoms with E-state index < -0.39 is 0 Å². The molecule has 1 fully saturated rings. The molecule has 188 valence electrons. The zero-order chi connectivity index (χ0) is 24.6. The van der Waals surface area contributed by atoms with Gasteiger partial charge >= 0.3 is 0 Å². The van der Waals surface area contributed by atoms with E-state index in [1.54, 1.807) is 14.2 Å². The lowest BCUT2D eigenvalue weighted by Crippen LogP contribution is -2.32. The molecule has 3 N–H and O–H groups in total. The summed E-state index contributed by atoms with van der Waals surface area (Å²) in [5.41, 5.74) is 3.79. The van der Waals surface area contributed by atoms with E-state index in [0.717, 1.165) is 72.4 Å². The molecule has 0 atom stereocenters. The lowest BCUT2D eigenvalue weighted by Gasteiger charge is -2.27. The molecule has 2 aromatic carbocycles. The zero-order valence-corrected chi connectivity index (χ0v) is 21.3. The summed E-state index contributed by atoms with van der Waals surface area (Å²) in [6.07, 6.45) is 4.23. The molecule has 1 aromatic heterocycles. The maximum absolute atomic E-state index is 5.53. The van der Waals surface area contributed by atoms with Gasteiger partial charge in [-0.05, 0) is 50.0 Å². The molecule has 0 spiro atoms. The lowest BCUT2D eigenvalue weighted by atomic mass is 9.98. The van der Waals surface area contributed by atoms with Crippen LogP contribution in [0.3, 0.4) is 0 Å². The first-order valence-corrected chi connectivity index (χ1v) is 12.5. The molecule has 0 saturated carbocycles. The highest BCUT2D eigenvalue weighted by atomic mass is 16.5. The summed E-state index contributed by atoms with van der Waals surface area (Å²) >= 11 is 0. The molecule has 0 amide bonds. The summed E-state index contributed by atoms with van der Waals surface area (Å²) < 4.78 is 11.1. The molecule has 1 aliphatic heterocycles. The Morgan fingerprint density at radius 2 is 1.74 bits per heavy atom. The summed E-state index contributed by atoms with van der Waals surface area (Å²) in [6, 6.07) is 12.6. The molecular weight excluding hydrogens is 440 g/mol. The quantitative estimate of drug-likeness (QED) is 0.378. The second-order valence-corrected chi connectivity index (χ2v) is 9.33. The van der Waals surface area contributed by atoms with Gasteiger partial charge in [0, 0.05) is 55.2 Å². The minimum absolute atomic E-state index is 0.410. The third kappa shape index (κ3) is 6.74. The van der Waals surface area contributed by atoms with E-state index in [1.165, 1.54) is 12.8 Å². The fourth-order valence-electron chi connectivity index (χ4n) is 4.41. The van der Waals surface area contributed by atoms with Crippen LogP contribution in [0.2, 0.25) is 0 Å². The van der Waals surface area contributed by atoms with Crippen molar-refractivity contribution in [3.63, 3.8) is 0 Å². The lowest BCUT2D eigenvalue weighted by molar-refractivity contribution is 0.389. The van der Waals surface area contributed by atoms with E-state index in [9.17, 15) is 0 Å². The monoisotopic (exact) mass is 478 g/mol. The maximum Gasteiger partial charge on any atom is 0.145 e. The number of hydrogen-bond donors (Lipinski definition) is 3. The first-order valence-electron chi connectivity index (χ1n) is 12.5. The van der Waals surface area contributed by atoms with Gasteiger partial charge in [-0.2, -0.15) is 0 Å². The van der Waals surface area contributed by atoms with Gasteiger partial charge in [0.1, 0.15) is 17.3 Å². The van der Waals surface area contributed by atoms with Crippen LogP contribution in [0, 0.1) is 5.92 Å². The highest BCUT2D eigenvalue weighted by Gasteiger charge is 2.15. The highest BCUT2D eigenvalue weighted by Crippen LogP contribution is 2.33. The fourth-order valence-corrected chi connectivity index (χ4v) is 4.41. The van der Waals surface area contributed by atoms with E-state index in [0.29, 0.717) is 12.0 Å². The Labute approximate surface area is 208 Å². The summed E-state index contributed by atoms with van der Waals surface area (Å²) in [5, 5.41) is 10.4. The number of anilines is 3. The smallest absolute Gasteiger partial charge is 0.145 e. The maximum atomic E-state index is 5.53. The Balaban J connectivity index is 1.61. The minimum atomic E-state index is 0.410. The van der Waals surface area contributed by atoms with E-state index in [4.69, 9.17) is 14.5 Å². The van der Waals surface area contributed by atoms with Gasteiger partial charge in [0.2, 0.25) is 0 Å². The number of fused-ring (bicyclic) bond motifs is 1. The predicted octanol–water partition coefficient (Wildman–Crippen LogP) is 4.19. The number of nitrogens with zero attached hydrogens (tertiary/aromatic N) is 3. The second kappa shape index (κ2) is 12.0. The number of rotatable bonds is 11. The molecule has 2 heterocycles. The van der Waals surface area contributed by atoms with Gasteiger partial charge in [-0.1, -0.05) is 13.8 Å². The average molecular weight is 479 g/mol. The third-order valence-corrected chi connectivity index (χ3v) is 6.40. The largest absolute Gasteiger partial charge is 0.497 e. The highest BCUT2D eigenvalue weighted by molar-refractivity contribution is 5.82. The molecule has 3 aromatic rings. The number of methoxy groups -OCH3 is 2. The molecule has 4 rings (SSSR count). The first-order chi connectivity index (χ1) is 17.1. The summed E-state index contributed by atoms with van der Waals surface area (Å²) in [7, 11) is 3.35. The molecule has 0 bridgehead atoms. The van der Waals surface area contributed by atoms with Crippen LogP contribution in [-0.4, -0.2) is 63.0 Å². The Kier molecular flexibility index (Phi) is 8.60. The topological polar surface area (TPSA) is 83.6 Å². The fraction of sp³-hybridized carbons (Fsp3) is 0.481. The molecular formula is C27H38N6O2. The van der Waals surface area contributed by atoms with Crippen molar-refractivity contribution in [1.29, 1.82) is 0 Å². The number of hydrogen-bond acceptors (Lipinski definition) is 8. The molecule has 0 radical (unpaired) electrons. The van der Waals surface area contributed by atoms with E-state index in [1.807, 2.05) is 30.5 Å². The van der Waals surface area contributed by atoms with Crippen LogP contribution < -0.4 is 30.3 Å². The number of piperidine rings is 1. The Morgan fingerprint density at radius 1 is 1.00 bits per heavy atom. The van der Waals surface area contributed by atoms with Crippen LogP contribution in [0.15, 0.2) is 42.6 Å². The van der Waals surface area contributed by atoms with E-state index in [-0.39, 0.29) is 0 Å². The summed E-state index contributed by atoms with van der Waals surface area (Å²) in [5.74, 6) is 3.01. The van der Waals surface area contributed by atoms with Crippen molar-refractivity contribution in [3.05, 3.63) is 42.6 Å². The van der Waals surface area contributed by atoms with Crippen molar-refractivity contribution in [2.24, 2.45) is 5.92 Å². The van der Waals surface area contributed by atoms with Gasteiger partial charge in [0.25, 0.3) is 0 Å². The second-order valence-electron chi connectivity index (χ2n) is 9.33. The van der Waals surface area contributed by atoms with Crippen LogP contribution in [0.5, 0.6) is 11.5 Å². The number of ether oxygens (including phenoxy) is 2. The molecule has 1 aliphatic rings. The Bertz CT molecular complexity index is 1080. The number of benzene rings is 2. The van der Waals surface area contributed by atoms with Gasteiger partial charge in [0.05, 0.1) is 31.4 Å². The van der Waals surface area contributed by atoms with Crippen molar-refractivity contribution in [1.82, 2.24) is 20.6 Å². The van der Waals surface area contributed by atoms with Crippen LogP contribution in [0.4, 0.5) is 17.2 Å². The van der Waals surface area contributed by atoms with Gasteiger partial charge in [-0.3, -0.25) is 4.98 Å². The van der Waals surface area contributed by atoms with Crippen molar-refractivity contribution in [2.45, 2.75) is 32.7 Å². The normalized spacial score (nSPS) is 14.3. The number of nitrogens with one attached hydrogen (secondary N) is 3. The van der Waals surface area contributed by atoms with Gasteiger partial charge in [-0.25, -0.2) is 4.98 Å². The molecule has 0 aliphatic carbocycles. The summed E-state index contributed by atoms with van der Waals surface area (Å²) in [4.78, 5) is 11.8. The molecule has 0 unspecified atom stereocenters. The number of aromatic nitrogens is 2. The van der Waals surface area contributed by atoms with Crippen molar-refractivity contribution in [2.75, 3.05) is 57.2 Å². The third-order valence-electron chi connectivity index (χ3n) is 6.40. The molecule has 8 nitrogen and oxygen atoms in total. The van der Waals surface area contributed by atoms with Crippen molar-refractivity contribution < 1.29 is 9.47 Å². The SMILES string of the molecule is COc1cc(OC)cc(N(CCNC(C)C)c2ccc3ncc(NCC4CCNCC4)nc3c2)c1.